The highest BCUT2D eigenvalue weighted by atomic mass is 16.4. The zero-order chi connectivity index (χ0) is 12.3. The van der Waals surface area contributed by atoms with Crippen molar-refractivity contribution in [3.8, 4) is 0 Å². The van der Waals surface area contributed by atoms with E-state index in [9.17, 15) is 14.7 Å². The number of carboxylic acid groups (broad SMARTS) is 1. The van der Waals surface area contributed by atoms with E-state index in [1.54, 1.807) is 0 Å². The standard InChI is InChI=1S/C13H19NO3/c15-12(14-9-5-1-2-6-9)10-7-3-4-8-11(10)13(16)17/h3-4,9-11H,1-2,5-8H2,(H,14,15)(H,16,17)/p-1/t10-,11-/m1/s1. The van der Waals surface area contributed by atoms with E-state index in [1.807, 2.05) is 12.2 Å². The maximum atomic E-state index is 12.0. The van der Waals surface area contributed by atoms with Gasteiger partial charge in [-0.05, 0) is 25.7 Å². The van der Waals surface area contributed by atoms with E-state index in [1.165, 1.54) is 0 Å². The van der Waals surface area contributed by atoms with E-state index in [4.69, 9.17) is 0 Å². The molecule has 0 aliphatic heterocycles. The fourth-order valence-corrected chi connectivity index (χ4v) is 2.74. The van der Waals surface area contributed by atoms with Crippen LogP contribution in [0.15, 0.2) is 12.2 Å². The highest BCUT2D eigenvalue weighted by Gasteiger charge is 2.31. The maximum Gasteiger partial charge on any atom is 0.224 e. The number of hydrogen-bond donors (Lipinski definition) is 1. The van der Waals surface area contributed by atoms with Gasteiger partial charge < -0.3 is 15.2 Å². The second-order valence-corrected chi connectivity index (χ2v) is 4.96. The van der Waals surface area contributed by atoms with Gasteiger partial charge in [-0.3, -0.25) is 4.79 Å². The summed E-state index contributed by atoms with van der Waals surface area (Å²) in [6, 6.07) is 0.246. The Morgan fingerprint density at radius 1 is 1.06 bits per heavy atom. The van der Waals surface area contributed by atoms with Crippen molar-refractivity contribution in [1.29, 1.82) is 0 Å². The van der Waals surface area contributed by atoms with Crippen molar-refractivity contribution in [2.24, 2.45) is 11.8 Å². The first kappa shape index (κ1) is 12.1. The van der Waals surface area contributed by atoms with Gasteiger partial charge in [0.05, 0.1) is 0 Å². The molecule has 17 heavy (non-hydrogen) atoms. The molecule has 0 aromatic carbocycles. The minimum Gasteiger partial charge on any atom is -0.550 e. The molecule has 0 radical (unpaired) electrons. The highest BCUT2D eigenvalue weighted by Crippen LogP contribution is 2.26. The minimum absolute atomic E-state index is 0.115. The Labute approximate surface area is 101 Å². The molecule has 4 nitrogen and oxygen atoms in total. The van der Waals surface area contributed by atoms with Gasteiger partial charge in [0.15, 0.2) is 0 Å². The fourth-order valence-electron chi connectivity index (χ4n) is 2.74. The molecule has 2 atom stereocenters. The van der Waals surface area contributed by atoms with Gasteiger partial charge in [-0.1, -0.05) is 25.0 Å². The molecule has 2 aliphatic rings. The Kier molecular flexibility index (Phi) is 3.82. The van der Waals surface area contributed by atoms with Crippen molar-refractivity contribution in [1.82, 2.24) is 5.32 Å². The highest BCUT2D eigenvalue weighted by molar-refractivity contribution is 5.84. The van der Waals surface area contributed by atoms with Crippen LogP contribution in [0.25, 0.3) is 0 Å². The Morgan fingerprint density at radius 2 is 1.65 bits per heavy atom. The van der Waals surface area contributed by atoms with Gasteiger partial charge in [-0.25, -0.2) is 0 Å². The summed E-state index contributed by atoms with van der Waals surface area (Å²) in [5.74, 6) is -2.34. The predicted octanol–water partition coefficient (Wildman–Crippen LogP) is 0.377. The Morgan fingerprint density at radius 3 is 2.24 bits per heavy atom. The van der Waals surface area contributed by atoms with Crippen molar-refractivity contribution in [3.63, 3.8) is 0 Å². The predicted molar refractivity (Wildman–Crippen MR) is 60.8 cm³/mol. The van der Waals surface area contributed by atoms with Crippen LogP contribution in [0.3, 0.4) is 0 Å². The van der Waals surface area contributed by atoms with E-state index < -0.39 is 17.8 Å². The van der Waals surface area contributed by atoms with Crippen LogP contribution in [0.4, 0.5) is 0 Å². The van der Waals surface area contributed by atoms with Crippen LogP contribution in [0, 0.1) is 11.8 Å². The molecular weight excluding hydrogens is 218 g/mol. The Hall–Kier alpha value is -1.32. The van der Waals surface area contributed by atoms with Crippen LogP contribution in [-0.2, 0) is 9.59 Å². The molecule has 4 heteroatoms. The molecule has 1 N–H and O–H groups in total. The summed E-state index contributed by atoms with van der Waals surface area (Å²) >= 11 is 0. The second-order valence-electron chi connectivity index (χ2n) is 4.96. The molecule has 0 saturated heterocycles. The quantitative estimate of drug-likeness (QED) is 0.720. The molecule has 0 aromatic heterocycles. The van der Waals surface area contributed by atoms with Gasteiger partial charge in [-0.2, -0.15) is 0 Å². The van der Waals surface area contributed by atoms with Crippen molar-refractivity contribution in [2.45, 2.75) is 44.6 Å². The number of hydrogen-bond acceptors (Lipinski definition) is 3. The lowest BCUT2D eigenvalue weighted by Gasteiger charge is -2.29. The third-order valence-electron chi connectivity index (χ3n) is 3.77. The summed E-state index contributed by atoms with van der Waals surface area (Å²) in [5.41, 5.74) is 0. The molecule has 0 aromatic rings. The lowest BCUT2D eigenvalue weighted by molar-refractivity contribution is -0.313. The fraction of sp³-hybridized carbons (Fsp3) is 0.692. The van der Waals surface area contributed by atoms with E-state index in [0.717, 1.165) is 25.7 Å². The van der Waals surface area contributed by atoms with Crippen molar-refractivity contribution in [2.75, 3.05) is 0 Å². The molecule has 1 amide bonds. The largest absolute Gasteiger partial charge is 0.550 e. The number of amides is 1. The first-order chi connectivity index (χ1) is 8.18. The summed E-state index contributed by atoms with van der Waals surface area (Å²) in [5, 5.41) is 14.0. The molecule has 0 spiro atoms. The molecule has 0 heterocycles. The zero-order valence-electron chi connectivity index (χ0n) is 9.85. The average Bonchev–Trinajstić information content (AvgIpc) is 2.81. The van der Waals surface area contributed by atoms with Crippen LogP contribution in [0.2, 0.25) is 0 Å². The van der Waals surface area contributed by atoms with Crippen LogP contribution in [0.5, 0.6) is 0 Å². The molecule has 2 rings (SSSR count). The summed E-state index contributed by atoms with van der Waals surface area (Å²) in [6.07, 6.45) is 8.97. The second kappa shape index (κ2) is 5.34. The third kappa shape index (κ3) is 2.87. The number of carboxylic acids is 1. The summed E-state index contributed by atoms with van der Waals surface area (Å²) in [4.78, 5) is 23.0. The number of carbonyl (C=O) groups is 2. The lowest BCUT2D eigenvalue weighted by Crippen LogP contribution is -2.45. The molecule has 0 unspecified atom stereocenters. The minimum atomic E-state index is -1.11. The van der Waals surface area contributed by atoms with E-state index in [0.29, 0.717) is 12.8 Å². The SMILES string of the molecule is O=C([O-])[C@@H]1CC=CC[C@H]1C(=O)NC1CCCC1. The number of carbonyl (C=O) groups excluding carboxylic acids is 2. The van der Waals surface area contributed by atoms with Gasteiger partial charge in [-0.15, -0.1) is 0 Å². The Balaban J connectivity index is 1.96. The molecular formula is C13H18NO3-. The molecule has 1 saturated carbocycles. The monoisotopic (exact) mass is 236 g/mol. The normalized spacial score (nSPS) is 29.2. The van der Waals surface area contributed by atoms with Gasteiger partial charge >= 0.3 is 0 Å². The Bertz CT molecular complexity index is 332. The molecule has 0 bridgehead atoms. The van der Waals surface area contributed by atoms with Crippen molar-refractivity contribution < 1.29 is 14.7 Å². The van der Waals surface area contributed by atoms with E-state index in [2.05, 4.69) is 5.32 Å². The third-order valence-corrected chi connectivity index (χ3v) is 3.77. The molecule has 94 valence electrons. The molecule has 2 aliphatic carbocycles. The topological polar surface area (TPSA) is 69.2 Å². The smallest absolute Gasteiger partial charge is 0.224 e. The van der Waals surface area contributed by atoms with Gasteiger partial charge in [0.25, 0.3) is 0 Å². The van der Waals surface area contributed by atoms with E-state index >= 15 is 0 Å². The first-order valence-corrected chi connectivity index (χ1v) is 6.34. The first-order valence-electron chi connectivity index (χ1n) is 6.34. The number of rotatable bonds is 3. The van der Waals surface area contributed by atoms with Crippen molar-refractivity contribution in [3.05, 3.63) is 12.2 Å². The van der Waals surface area contributed by atoms with Crippen LogP contribution >= 0.6 is 0 Å². The van der Waals surface area contributed by atoms with Crippen LogP contribution in [0.1, 0.15) is 38.5 Å². The summed E-state index contributed by atoms with van der Waals surface area (Å²) in [6.45, 7) is 0. The van der Waals surface area contributed by atoms with Gasteiger partial charge in [0.2, 0.25) is 5.91 Å². The van der Waals surface area contributed by atoms with Gasteiger partial charge in [0.1, 0.15) is 0 Å². The number of nitrogens with one attached hydrogen (secondary N) is 1. The lowest BCUT2D eigenvalue weighted by atomic mass is 9.82. The van der Waals surface area contributed by atoms with E-state index in [-0.39, 0.29) is 11.9 Å². The van der Waals surface area contributed by atoms with Crippen molar-refractivity contribution >= 4 is 11.9 Å². The summed E-state index contributed by atoms with van der Waals surface area (Å²) < 4.78 is 0. The van der Waals surface area contributed by atoms with Crippen LogP contribution in [-0.4, -0.2) is 17.9 Å². The number of allylic oxidation sites excluding steroid dienone is 2. The maximum absolute atomic E-state index is 12.0. The van der Waals surface area contributed by atoms with Gasteiger partial charge in [0, 0.05) is 23.8 Å². The summed E-state index contributed by atoms with van der Waals surface area (Å²) in [7, 11) is 0. The zero-order valence-corrected chi connectivity index (χ0v) is 9.85. The average molecular weight is 236 g/mol. The molecule has 1 fully saturated rings. The van der Waals surface area contributed by atoms with Crippen LogP contribution < -0.4 is 10.4 Å². The number of aliphatic carboxylic acids is 1.